The quantitative estimate of drug-likeness (QED) is 0.542. The van der Waals surface area contributed by atoms with Crippen LogP contribution in [0.5, 0.6) is 0 Å². The number of aliphatic imine (C=N–C) groups is 1. The second-order valence-corrected chi connectivity index (χ2v) is 3.58. The first-order chi connectivity index (χ1) is 8.20. The predicted molar refractivity (Wildman–Crippen MR) is 60.5 cm³/mol. The normalized spacial score (nSPS) is 12.3. The Morgan fingerprint density at radius 1 is 1.33 bits per heavy atom. The fourth-order valence-corrected chi connectivity index (χ4v) is 1.29. The van der Waals surface area contributed by atoms with Crippen molar-refractivity contribution in [1.29, 1.82) is 0 Å². The van der Waals surface area contributed by atoms with E-state index in [-0.39, 0.29) is 5.02 Å². The summed E-state index contributed by atoms with van der Waals surface area (Å²) < 4.78 is 38.0. The van der Waals surface area contributed by atoms with E-state index in [2.05, 4.69) is 4.99 Å². The molecule has 1 rings (SSSR count). The number of carbonyl (C=O) groups is 1. The van der Waals surface area contributed by atoms with E-state index in [9.17, 15) is 18.0 Å². The SMILES string of the molecule is NC(=O)NC(N)=Nc1ccc(Cl)cc1C(F)(F)F. The molecular formula is C9H8ClF3N4O. The van der Waals surface area contributed by atoms with E-state index in [1.807, 2.05) is 5.32 Å². The zero-order valence-corrected chi connectivity index (χ0v) is 9.51. The molecule has 9 heteroatoms. The molecule has 0 aromatic heterocycles. The Balaban J connectivity index is 3.21. The monoisotopic (exact) mass is 280 g/mol. The first kappa shape index (κ1) is 14.1. The van der Waals surface area contributed by atoms with E-state index < -0.39 is 29.4 Å². The van der Waals surface area contributed by atoms with Crippen molar-refractivity contribution in [2.24, 2.45) is 16.5 Å². The minimum atomic E-state index is -4.64. The minimum absolute atomic E-state index is 0.0947. The number of halogens is 4. The largest absolute Gasteiger partial charge is 0.418 e. The molecule has 0 atom stereocenters. The molecule has 0 aliphatic rings. The molecule has 5 nitrogen and oxygen atoms in total. The van der Waals surface area contributed by atoms with Crippen molar-refractivity contribution in [3.8, 4) is 0 Å². The molecule has 0 unspecified atom stereocenters. The van der Waals surface area contributed by atoms with Gasteiger partial charge in [-0.1, -0.05) is 11.6 Å². The molecule has 0 aliphatic carbocycles. The minimum Gasteiger partial charge on any atom is -0.369 e. The Labute approximate surface area is 105 Å². The number of hydrogen-bond acceptors (Lipinski definition) is 2. The number of alkyl halides is 3. The Kier molecular flexibility index (Phi) is 4.02. The standard InChI is InChI=1S/C9H8ClF3N4O/c10-4-1-2-6(5(3-4)9(11,12)13)16-7(14)17-8(15)18/h1-3H,(H5,14,15,16,17,18). The number of nitrogens with one attached hydrogen (secondary N) is 1. The second kappa shape index (κ2) is 5.13. The van der Waals surface area contributed by atoms with Gasteiger partial charge in [0.15, 0.2) is 0 Å². The zero-order valence-electron chi connectivity index (χ0n) is 8.75. The number of rotatable bonds is 1. The molecule has 2 amide bonds. The molecule has 1 aromatic rings. The van der Waals surface area contributed by atoms with Gasteiger partial charge in [-0.2, -0.15) is 13.2 Å². The van der Waals surface area contributed by atoms with Gasteiger partial charge in [0.05, 0.1) is 11.3 Å². The number of guanidine groups is 1. The van der Waals surface area contributed by atoms with Crippen LogP contribution in [0.3, 0.4) is 0 Å². The number of hydrogen-bond donors (Lipinski definition) is 3. The Hall–Kier alpha value is -1.96. The summed E-state index contributed by atoms with van der Waals surface area (Å²) in [5, 5.41) is 1.76. The van der Waals surface area contributed by atoms with Gasteiger partial charge in [-0.15, -0.1) is 0 Å². The summed E-state index contributed by atoms with van der Waals surface area (Å²) in [6, 6.07) is 1.92. The van der Waals surface area contributed by atoms with Crippen LogP contribution >= 0.6 is 11.6 Å². The third kappa shape index (κ3) is 3.81. The highest BCUT2D eigenvalue weighted by molar-refractivity contribution is 6.30. The van der Waals surface area contributed by atoms with Gasteiger partial charge < -0.3 is 11.5 Å². The van der Waals surface area contributed by atoms with E-state index in [0.29, 0.717) is 6.07 Å². The molecule has 0 bridgehead atoms. The maximum absolute atomic E-state index is 12.7. The van der Waals surface area contributed by atoms with Crippen LogP contribution in [0.15, 0.2) is 23.2 Å². The molecule has 0 spiro atoms. The highest BCUT2D eigenvalue weighted by atomic mass is 35.5. The Morgan fingerprint density at radius 3 is 2.44 bits per heavy atom. The van der Waals surface area contributed by atoms with Crippen LogP contribution in [0.4, 0.5) is 23.7 Å². The van der Waals surface area contributed by atoms with E-state index >= 15 is 0 Å². The highest BCUT2D eigenvalue weighted by Crippen LogP contribution is 2.37. The van der Waals surface area contributed by atoms with Gasteiger partial charge in [0, 0.05) is 5.02 Å². The van der Waals surface area contributed by atoms with E-state index in [0.717, 1.165) is 6.07 Å². The first-order valence-electron chi connectivity index (χ1n) is 4.47. The molecule has 5 N–H and O–H groups in total. The maximum atomic E-state index is 12.7. The van der Waals surface area contributed by atoms with Gasteiger partial charge in [-0.05, 0) is 18.2 Å². The molecule has 0 aliphatic heterocycles. The Morgan fingerprint density at radius 2 is 1.94 bits per heavy atom. The first-order valence-corrected chi connectivity index (χ1v) is 4.85. The number of nitrogens with two attached hydrogens (primary N) is 2. The number of benzene rings is 1. The molecule has 0 radical (unpaired) electrons. The molecule has 0 fully saturated rings. The smallest absolute Gasteiger partial charge is 0.369 e. The van der Waals surface area contributed by atoms with Gasteiger partial charge in [0.25, 0.3) is 0 Å². The molecule has 0 saturated heterocycles. The molecule has 18 heavy (non-hydrogen) atoms. The Bertz CT molecular complexity index is 501. The molecule has 98 valence electrons. The summed E-state index contributed by atoms with van der Waals surface area (Å²) in [7, 11) is 0. The summed E-state index contributed by atoms with van der Waals surface area (Å²) >= 11 is 5.47. The average Bonchev–Trinajstić information content (AvgIpc) is 2.17. The summed E-state index contributed by atoms with van der Waals surface area (Å²) in [5.74, 6) is -0.546. The topological polar surface area (TPSA) is 93.5 Å². The lowest BCUT2D eigenvalue weighted by Crippen LogP contribution is -2.40. The van der Waals surface area contributed by atoms with Crippen molar-refractivity contribution >= 4 is 29.3 Å². The van der Waals surface area contributed by atoms with Crippen molar-refractivity contribution in [1.82, 2.24) is 5.32 Å². The van der Waals surface area contributed by atoms with Crippen molar-refractivity contribution in [2.75, 3.05) is 0 Å². The zero-order chi connectivity index (χ0) is 13.9. The average molecular weight is 281 g/mol. The van der Waals surface area contributed by atoms with E-state index in [4.69, 9.17) is 23.1 Å². The fraction of sp³-hybridized carbons (Fsp3) is 0.111. The van der Waals surface area contributed by atoms with Crippen molar-refractivity contribution in [3.63, 3.8) is 0 Å². The van der Waals surface area contributed by atoms with Gasteiger partial charge in [0.2, 0.25) is 5.96 Å². The number of primary amides is 1. The lowest BCUT2D eigenvalue weighted by atomic mass is 10.2. The molecule has 0 heterocycles. The van der Waals surface area contributed by atoms with Crippen LogP contribution < -0.4 is 16.8 Å². The van der Waals surface area contributed by atoms with Crippen molar-refractivity contribution in [3.05, 3.63) is 28.8 Å². The van der Waals surface area contributed by atoms with Crippen LogP contribution in [0.1, 0.15) is 5.56 Å². The van der Waals surface area contributed by atoms with E-state index in [1.54, 1.807) is 0 Å². The number of urea groups is 1. The lowest BCUT2D eigenvalue weighted by molar-refractivity contribution is -0.137. The lowest BCUT2D eigenvalue weighted by Gasteiger charge is -2.10. The summed E-state index contributed by atoms with van der Waals surface area (Å²) in [5.41, 5.74) is 8.40. The predicted octanol–water partition coefficient (Wildman–Crippen LogP) is 1.97. The molecule has 1 aromatic carbocycles. The van der Waals surface area contributed by atoms with Crippen LogP contribution in [-0.4, -0.2) is 12.0 Å². The summed E-state index contributed by atoms with van der Waals surface area (Å²) in [6.45, 7) is 0. The number of nitrogens with zero attached hydrogens (tertiary/aromatic N) is 1. The fourth-order valence-electron chi connectivity index (χ4n) is 1.12. The van der Waals surface area contributed by atoms with Crippen LogP contribution in [0.2, 0.25) is 5.02 Å². The van der Waals surface area contributed by atoms with Gasteiger partial charge in [-0.25, -0.2) is 9.79 Å². The van der Waals surface area contributed by atoms with E-state index in [1.165, 1.54) is 6.07 Å². The summed E-state index contributed by atoms with van der Waals surface area (Å²) in [6.07, 6.45) is -4.64. The third-order valence-electron chi connectivity index (χ3n) is 1.76. The third-order valence-corrected chi connectivity index (χ3v) is 1.99. The molecular weight excluding hydrogens is 273 g/mol. The van der Waals surface area contributed by atoms with Gasteiger partial charge in [0.1, 0.15) is 0 Å². The van der Waals surface area contributed by atoms with Gasteiger partial charge in [-0.3, -0.25) is 5.32 Å². The highest BCUT2D eigenvalue weighted by Gasteiger charge is 2.33. The number of carbonyl (C=O) groups excluding carboxylic acids is 1. The number of amides is 2. The van der Waals surface area contributed by atoms with Crippen molar-refractivity contribution in [2.45, 2.75) is 6.18 Å². The van der Waals surface area contributed by atoms with Gasteiger partial charge >= 0.3 is 12.2 Å². The van der Waals surface area contributed by atoms with Crippen molar-refractivity contribution < 1.29 is 18.0 Å². The summed E-state index contributed by atoms with van der Waals surface area (Å²) in [4.78, 5) is 13.9. The molecule has 0 saturated carbocycles. The van der Waals surface area contributed by atoms with Crippen LogP contribution in [-0.2, 0) is 6.18 Å². The van der Waals surface area contributed by atoms with Crippen LogP contribution in [0, 0.1) is 0 Å². The van der Waals surface area contributed by atoms with Crippen LogP contribution in [0.25, 0.3) is 0 Å². The second-order valence-electron chi connectivity index (χ2n) is 3.15. The maximum Gasteiger partial charge on any atom is 0.418 e.